The molecule has 0 aliphatic heterocycles. The first-order chi connectivity index (χ1) is 16.3. The highest BCUT2D eigenvalue weighted by atomic mass is 16.3. The fourth-order valence-electron chi connectivity index (χ4n) is 5.50. The van der Waals surface area contributed by atoms with E-state index < -0.39 is 59.7 Å². The summed E-state index contributed by atoms with van der Waals surface area (Å²) < 4.78 is 0. The molecule has 0 bridgehead atoms. The number of nitrogens with zero attached hydrogens (tertiary/aromatic N) is 2. The number of carbonyl (C=O) groups is 3. The number of hydrogen-bond acceptors (Lipinski definition) is 10. The van der Waals surface area contributed by atoms with Crippen molar-refractivity contribution < 1.29 is 34.8 Å². The molecule has 8 N–H and O–H groups in total. The topological polar surface area (TPSA) is 191 Å². The minimum atomic E-state index is -2.63. The first kappa shape index (κ1) is 26.6. The lowest BCUT2D eigenvalue weighted by Crippen LogP contribution is -2.60. The third-order valence-electron chi connectivity index (χ3n) is 7.26. The van der Waals surface area contributed by atoms with E-state index in [1.54, 1.807) is 44.1 Å². The molecule has 0 fully saturated rings. The second-order valence-electron chi connectivity index (χ2n) is 9.74. The molecule has 0 spiro atoms. The number of ketones is 2. The molecule has 3 rings (SSSR count). The average Bonchev–Trinajstić information content (AvgIpc) is 2.76. The Bertz CT molecular complexity index is 1100. The number of aliphatic hydroxyl groups excluding tert-OH is 2. The van der Waals surface area contributed by atoms with E-state index in [4.69, 9.17) is 11.5 Å². The highest BCUT2D eigenvalue weighted by Crippen LogP contribution is 2.50. The van der Waals surface area contributed by atoms with E-state index in [0.717, 1.165) is 0 Å². The van der Waals surface area contributed by atoms with Gasteiger partial charge < -0.3 is 41.7 Å². The van der Waals surface area contributed by atoms with Crippen LogP contribution >= 0.6 is 0 Å². The van der Waals surface area contributed by atoms with Crippen molar-refractivity contribution in [3.8, 4) is 5.75 Å². The number of rotatable bonds is 8. The molecule has 192 valence electrons. The maximum absolute atomic E-state index is 13.7. The maximum atomic E-state index is 13.7. The number of carbonyl (C=O) groups excluding carboxylic acids is 3. The molecular formula is C24H34N4O7. The van der Waals surface area contributed by atoms with Crippen molar-refractivity contribution in [1.82, 2.24) is 4.90 Å². The van der Waals surface area contributed by atoms with E-state index in [1.807, 2.05) is 0 Å². The number of fused-ring (bicyclic) bond motifs is 2. The molecule has 11 nitrogen and oxygen atoms in total. The van der Waals surface area contributed by atoms with Gasteiger partial charge in [0.05, 0.1) is 18.6 Å². The lowest BCUT2D eigenvalue weighted by Gasteiger charge is -2.47. The van der Waals surface area contributed by atoms with Gasteiger partial charge in [-0.3, -0.25) is 14.4 Å². The van der Waals surface area contributed by atoms with Gasteiger partial charge in [-0.15, -0.1) is 0 Å². The van der Waals surface area contributed by atoms with Crippen LogP contribution in [0.5, 0.6) is 5.75 Å². The van der Waals surface area contributed by atoms with Gasteiger partial charge >= 0.3 is 0 Å². The van der Waals surface area contributed by atoms with Crippen LogP contribution in [0.3, 0.4) is 0 Å². The van der Waals surface area contributed by atoms with Crippen LogP contribution < -0.4 is 16.4 Å². The number of allylic oxidation sites excluding steroid dienone is 1. The van der Waals surface area contributed by atoms with Crippen LogP contribution in [-0.2, 0) is 22.6 Å². The molecule has 0 aromatic heterocycles. The Morgan fingerprint density at radius 3 is 2.34 bits per heavy atom. The number of anilines is 1. The number of primary amides is 1. The first-order valence-corrected chi connectivity index (χ1v) is 11.4. The van der Waals surface area contributed by atoms with Gasteiger partial charge in [-0.1, -0.05) is 0 Å². The molecule has 1 aromatic carbocycles. The lowest BCUT2D eigenvalue weighted by atomic mass is 9.61. The Labute approximate surface area is 203 Å². The Balaban J connectivity index is 2.31. The second kappa shape index (κ2) is 9.57. The molecule has 1 amide bonds. The SMILES string of the molecule is CN(C)c1cc(CN)c(O)c2c1C[C@H]1C[C@@H]([C@@H](CO)N(C)C)[C@@](O)(C(=O)CC(N)=O)C(O)=C1C2=O. The molecule has 2 aliphatic carbocycles. The van der Waals surface area contributed by atoms with Gasteiger partial charge in [-0.25, -0.2) is 0 Å². The number of hydrogen-bond donors (Lipinski definition) is 6. The van der Waals surface area contributed by atoms with E-state index in [9.17, 15) is 34.8 Å². The largest absolute Gasteiger partial charge is 0.508 e. The van der Waals surface area contributed by atoms with Crippen molar-refractivity contribution in [2.24, 2.45) is 23.3 Å². The number of aromatic hydroxyl groups is 1. The van der Waals surface area contributed by atoms with E-state index in [0.29, 0.717) is 16.8 Å². The van der Waals surface area contributed by atoms with Crippen molar-refractivity contribution in [2.45, 2.75) is 37.5 Å². The molecule has 35 heavy (non-hydrogen) atoms. The average molecular weight is 491 g/mol. The van der Waals surface area contributed by atoms with E-state index in [-0.39, 0.29) is 36.3 Å². The number of likely N-dealkylation sites (N-methyl/N-ethyl adjacent to an activating group) is 1. The van der Waals surface area contributed by atoms with Crippen LogP contribution in [0.4, 0.5) is 5.69 Å². The summed E-state index contributed by atoms with van der Waals surface area (Å²) in [5, 5.41) is 43.9. The third-order valence-corrected chi connectivity index (χ3v) is 7.26. The number of phenols is 1. The summed E-state index contributed by atoms with van der Waals surface area (Å²) in [7, 11) is 6.88. The number of phenolic OH excluding ortho intramolecular Hbond substituents is 1. The third kappa shape index (κ3) is 4.18. The van der Waals surface area contributed by atoms with Crippen molar-refractivity contribution >= 4 is 23.2 Å². The quantitative estimate of drug-likeness (QED) is 0.252. The summed E-state index contributed by atoms with van der Waals surface area (Å²) in [4.78, 5) is 41.8. The monoisotopic (exact) mass is 490 g/mol. The zero-order valence-electron chi connectivity index (χ0n) is 20.4. The Kier molecular flexibility index (Phi) is 7.28. The minimum Gasteiger partial charge on any atom is -0.508 e. The highest BCUT2D eigenvalue weighted by Gasteiger charge is 2.58. The fourth-order valence-corrected chi connectivity index (χ4v) is 5.50. The summed E-state index contributed by atoms with van der Waals surface area (Å²) in [5.41, 5.74) is 9.68. The Morgan fingerprint density at radius 1 is 1.23 bits per heavy atom. The van der Waals surface area contributed by atoms with Crippen LogP contribution in [0, 0.1) is 11.8 Å². The van der Waals surface area contributed by atoms with Crippen LogP contribution in [0.1, 0.15) is 34.3 Å². The van der Waals surface area contributed by atoms with Crippen LogP contribution in [0.2, 0.25) is 0 Å². The lowest BCUT2D eigenvalue weighted by molar-refractivity contribution is -0.151. The molecule has 4 atom stereocenters. The second-order valence-corrected chi connectivity index (χ2v) is 9.74. The highest BCUT2D eigenvalue weighted by molar-refractivity contribution is 6.15. The molecule has 2 aliphatic rings. The van der Waals surface area contributed by atoms with Crippen molar-refractivity contribution in [3.63, 3.8) is 0 Å². The summed E-state index contributed by atoms with van der Waals surface area (Å²) in [6, 6.07) is 0.928. The van der Waals surface area contributed by atoms with Crippen LogP contribution in [0.25, 0.3) is 0 Å². The van der Waals surface area contributed by atoms with Crippen LogP contribution in [-0.4, -0.2) is 89.2 Å². The molecule has 0 heterocycles. The number of nitrogens with two attached hydrogens (primary N) is 2. The number of Topliss-reactive ketones (excluding diaryl/α,β-unsaturated/α-hetero) is 2. The zero-order chi connectivity index (χ0) is 26.4. The zero-order valence-corrected chi connectivity index (χ0v) is 20.4. The number of benzene rings is 1. The van der Waals surface area contributed by atoms with Gasteiger partial charge in [-0.2, -0.15) is 0 Å². The number of amides is 1. The molecular weight excluding hydrogens is 456 g/mol. The molecule has 0 saturated heterocycles. The van der Waals surface area contributed by atoms with Gasteiger partial charge in [0.1, 0.15) is 11.5 Å². The van der Waals surface area contributed by atoms with Crippen molar-refractivity contribution in [3.05, 3.63) is 34.1 Å². The van der Waals surface area contributed by atoms with Gasteiger partial charge in [-0.05, 0) is 44.5 Å². The van der Waals surface area contributed by atoms with E-state index >= 15 is 0 Å². The van der Waals surface area contributed by atoms with Crippen LogP contribution in [0.15, 0.2) is 17.4 Å². The predicted octanol–water partition coefficient (Wildman–Crippen LogP) is -0.798. The van der Waals surface area contributed by atoms with Gasteiger partial charge in [0.2, 0.25) is 5.91 Å². The summed E-state index contributed by atoms with van der Waals surface area (Å²) in [6.45, 7) is -0.487. The van der Waals surface area contributed by atoms with Crippen molar-refractivity contribution in [2.75, 3.05) is 39.7 Å². The number of aliphatic hydroxyl groups is 3. The summed E-state index contributed by atoms with van der Waals surface area (Å²) in [6.07, 6.45) is -0.575. The Morgan fingerprint density at radius 2 is 1.86 bits per heavy atom. The predicted molar refractivity (Wildman–Crippen MR) is 128 cm³/mol. The van der Waals surface area contributed by atoms with E-state index in [1.165, 1.54) is 0 Å². The normalized spacial score (nSPS) is 24.7. The maximum Gasteiger partial charge on any atom is 0.225 e. The summed E-state index contributed by atoms with van der Waals surface area (Å²) in [5.74, 6) is -5.63. The molecule has 11 heteroatoms. The summed E-state index contributed by atoms with van der Waals surface area (Å²) >= 11 is 0. The molecule has 0 saturated carbocycles. The smallest absolute Gasteiger partial charge is 0.225 e. The Hall–Kier alpha value is -2.99. The molecule has 1 aromatic rings. The van der Waals surface area contributed by atoms with E-state index in [2.05, 4.69) is 0 Å². The van der Waals surface area contributed by atoms with Gasteiger partial charge in [0.15, 0.2) is 17.2 Å². The minimum absolute atomic E-state index is 0.0359. The fraction of sp³-hybridized carbons (Fsp3) is 0.542. The van der Waals surface area contributed by atoms with Gasteiger partial charge in [0.25, 0.3) is 0 Å². The van der Waals surface area contributed by atoms with Gasteiger partial charge in [0, 0.05) is 49.4 Å². The molecule has 0 radical (unpaired) electrons. The standard InChI is InChI=1S/C24H34N4O7/c1-27(2)15-7-12(9-25)21(32)20-13(15)5-11-6-14(16(10-29)28(3)4)24(35,17(30)8-18(26)31)23(34)19(11)22(20)33/h7,11,14,16,29,32,34-35H,5-6,8-10,25H2,1-4H3,(H2,26,31)/t11-,14-,16+,24+/m0/s1. The first-order valence-electron chi connectivity index (χ1n) is 11.4. The molecule has 0 unspecified atom stereocenters. The van der Waals surface area contributed by atoms with Crippen molar-refractivity contribution in [1.29, 1.82) is 0 Å².